The van der Waals surface area contributed by atoms with Gasteiger partial charge in [0.15, 0.2) is 5.82 Å². The minimum absolute atomic E-state index is 0.0347. The number of nitrogens with zero attached hydrogens (tertiary/aromatic N) is 3. The lowest BCUT2D eigenvalue weighted by Gasteiger charge is -2.40. The van der Waals surface area contributed by atoms with Crippen LogP contribution in [0.2, 0.25) is 5.02 Å². The highest BCUT2D eigenvalue weighted by molar-refractivity contribution is 6.31. The van der Waals surface area contributed by atoms with Gasteiger partial charge in [-0.25, -0.2) is 9.18 Å². The monoisotopic (exact) mass is 362 g/mol. The van der Waals surface area contributed by atoms with E-state index in [1.807, 2.05) is 30.0 Å². The van der Waals surface area contributed by atoms with Gasteiger partial charge in [-0.05, 0) is 24.6 Å². The Balaban J connectivity index is 1.59. The fourth-order valence-corrected chi connectivity index (χ4v) is 3.22. The van der Waals surface area contributed by atoms with Crippen molar-refractivity contribution in [1.82, 2.24) is 15.2 Å². The summed E-state index contributed by atoms with van der Waals surface area (Å²) in [5, 5.41) is 3.54. The molecule has 1 aliphatic heterocycles. The molecule has 1 N–H and O–H groups in total. The molecule has 0 spiro atoms. The quantitative estimate of drug-likeness (QED) is 0.911. The molecule has 7 heteroatoms. The third kappa shape index (κ3) is 4.02. The average molecular weight is 363 g/mol. The predicted molar refractivity (Wildman–Crippen MR) is 96.3 cm³/mol. The first-order chi connectivity index (χ1) is 12.1. The van der Waals surface area contributed by atoms with Crippen LogP contribution in [-0.2, 0) is 6.54 Å². The van der Waals surface area contributed by atoms with Gasteiger partial charge in [-0.3, -0.25) is 4.98 Å². The summed E-state index contributed by atoms with van der Waals surface area (Å²) < 4.78 is 13.9. The molecule has 132 valence electrons. The number of aromatic nitrogens is 1. The van der Waals surface area contributed by atoms with E-state index in [0.717, 1.165) is 5.56 Å². The number of anilines is 1. The summed E-state index contributed by atoms with van der Waals surface area (Å²) in [6.07, 6.45) is 2.79. The highest BCUT2D eigenvalue weighted by Crippen LogP contribution is 2.22. The smallest absolute Gasteiger partial charge is 0.318 e. The van der Waals surface area contributed by atoms with Crippen LogP contribution >= 0.6 is 11.6 Å². The lowest BCUT2D eigenvalue weighted by atomic mass is 10.1. The molecule has 5 nitrogen and oxygen atoms in total. The zero-order valence-electron chi connectivity index (χ0n) is 14.0. The molecule has 0 bridgehead atoms. The first-order valence-electron chi connectivity index (χ1n) is 8.18. The number of amides is 2. The van der Waals surface area contributed by atoms with Gasteiger partial charge in [0, 0.05) is 43.4 Å². The van der Waals surface area contributed by atoms with Crippen LogP contribution in [0.4, 0.5) is 14.9 Å². The first kappa shape index (κ1) is 17.5. The number of urea groups is 1. The minimum atomic E-state index is -0.341. The largest absolute Gasteiger partial charge is 0.365 e. The van der Waals surface area contributed by atoms with Gasteiger partial charge < -0.3 is 15.1 Å². The molecule has 0 unspecified atom stereocenters. The van der Waals surface area contributed by atoms with E-state index in [9.17, 15) is 9.18 Å². The molecule has 0 aliphatic carbocycles. The molecule has 1 atom stereocenters. The van der Waals surface area contributed by atoms with E-state index >= 15 is 0 Å². The maximum Gasteiger partial charge on any atom is 0.318 e. The lowest BCUT2D eigenvalue weighted by molar-refractivity contribution is 0.171. The summed E-state index contributed by atoms with van der Waals surface area (Å²) >= 11 is 6.11. The second-order valence-electron chi connectivity index (χ2n) is 6.07. The molecule has 0 saturated carbocycles. The Bertz CT molecular complexity index is 757. The number of nitrogens with one attached hydrogen (secondary N) is 1. The van der Waals surface area contributed by atoms with Crippen LogP contribution in [-0.4, -0.2) is 41.6 Å². The van der Waals surface area contributed by atoms with Crippen molar-refractivity contribution < 1.29 is 9.18 Å². The van der Waals surface area contributed by atoms with Crippen molar-refractivity contribution in [2.75, 3.05) is 24.5 Å². The normalized spacial score (nSPS) is 17.5. The summed E-state index contributed by atoms with van der Waals surface area (Å²) in [6.45, 7) is 4.01. The van der Waals surface area contributed by atoms with Gasteiger partial charge in [0.25, 0.3) is 0 Å². The second kappa shape index (κ2) is 7.70. The zero-order valence-corrected chi connectivity index (χ0v) is 14.7. The lowest BCUT2D eigenvalue weighted by Crippen LogP contribution is -2.56. The zero-order chi connectivity index (χ0) is 17.8. The number of carbonyl (C=O) groups is 1. The van der Waals surface area contributed by atoms with Gasteiger partial charge in [-0.1, -0.05) is 29.8 Å². The number of rotatable bonds is 3. The number of benzene rings is 1. The molecule has 0 radical (unpaired) electrons. The second-order valence-corrected chi connectivity index (χ2v) is 6.47. The van der Waals surface area contributed by atoms with E-state index in [4.69, 9.17) is 11.6 Å². The summed E-state index contributed by atoms with van der Waals surface area (Å²) in [5.74, 6) is -0.341. The highest BCUT2D eigenvalue weighted by Gasteiger charge is 2.28. The maximum atomic E-state index is 13.9. The Kier molecular flexibility index (Phi) is 5.38. The average Bonchev–Trinajstić information content (AvgIpc) is 2.61. The van der Waals surface area contributed by atoms with Gasteiger partial charge in [0.1, 0.15) is 0 Å². The molecule has 1 aromatic heterocycles. The summed E-state index contributed by atoms with van der Waals surface area (Å²) in [4.78, 5) is 20.0. The van der Waals surface area contributed by atoms with E-state index in [2.05, 4.69) is 10.3 Å². The topological polar surface area (TPSA) is 48.5 Å². The van der Waals surface area contributed by atoms with Crippen molar-refractivity contribution in [3.05, 3.63) is 59.1 Å². The van der Waals surface area contributed by atoms with E-state index in [-0.39, 0.29) is 17.9 Å². The van der Waals surface area contributed by atoms with Crippen LogP contribution in [0.5, 0.6) is 0 Å². The van der Waals surface area contributed by atoms with Gasteiger partial charge in [0.05, 0.1) is 11.9 Å². The van der Waals surface area contributed by atoms with Crippen LogP contribution < -0.4 is 10.2 Å². The van der Waals surface area contributed by atoms with E-state index in [1.165, 1.54) is 6.20 Å². The molecular formula is C18H20ClFN4O. The van der Waals surface area contributed by atoms with Crippen molar-refractivity contribution in [2.24, 2.45) is 0 Å². The third-order valence-electron chi connectivity index (χ3n) is 4.37. The Morgan fingerprint density at radius 3 is 2.88 bits per heavy atom. The molecule has 2 amide bonds. The fraction of sp³-hybridized carbons (Fsp3) is 0.333. The third-order valence-corrected chi connectivity index (χ3v) is 4.74. The Hall–Kier alpha value is -2.34. The Morgan fingerprint density at radius 1 is 1.36 bits per heavy atom. The first-order valence-corrected chi connectivity index (χ1v) is 8.56. The van der Waals surface area contributed by atoms with Crippen molar-refractivity contribution in [2.45, 2.75) is 19.5 Å². The van der Waals surface area contributed by atoms with Crippen molar-refractivity contribution >= 4 is 23.3 Å². The number of hydrogen-bond acceptors (Lipinski definition) is 3. The summed E-state index contributed by atoms with van der Waals surface area (Å²) in [5.41, 5.74) is 1.40. The maximum absolute atomic E-state index is 13.9. The highest BCUT2D eigenvalue weighted by atomic mass is 35.5. The van der Waals surface area contributed by atoms with E-state index < -0.39 is 0 Å². The molecule has 1 aromatic carbocycles. The van der Waals surface area contributed by atoms with Crippen molar-refractivity contribution in [1.29, 1.82) is 0 Å². The van der Waals surface area contributed by atoms with Crippen LogP contribution in [0.15, 0.2) is 42.7 Å². The van der Waals surface area contributed by atoms with Crippen LogP contribution in [0, 0.1) is 5.82 Å². The minimum Gasteiger partial charge on any atom is -0.365 e. The molecule has 25 heavy (non-hydrogen) atoms. The Morgan fingerprint density at radius 2 is 2.16 bits per heavy atom. The number of piperazine rings is 1. The molecule has 2 heterocycles. The van der Waals surface area contributed by atoms with E-state index in [0.29, 0.717) is 36.9 Å². The standard InChI is InChI=1S/C18H20ClFN4O/c1-13-12-23(17-6-7-21-11-16(17)20)8-9-24(13)18(25)22-10-14-4-2-3-5-15(14)19/h2-7,11,13H,8-10,12H2,1H3,(H,22,25)/t13-/m1/s1. The summed E-state index contributed by atoms with van der Waals surface area (Å²) in [7, 11) is 0. The molecular weight excluding hydrogens is 343 g/mol. The number of hydrogen-bond donors (Lipinski definition) is 1. The van der Waals surface area contributed by atoms with Gasteiger partial charge in [-0.15, -0.1) is 0 Å². The number of pyridine rings is 1. The van der Waals surface area contributed by atoms with Crippen molar-refractivity contribution in [3.63, 3.8) is 0 Å². The summed E-state index contributed by atoms with van der Waals surface area (Å²) in [6, 6.07) is 8.92. The number of halogens is 2. The van der Waals surface area contributed by atoms with Crippen LogP contribution in [0.1, 0.15) is 12.5 Å². The molecule has 3 rings (SSSR count). The molecule has 2 aromatic rings. The molecule has 1 aliphatic rings. The van der Waals surface area contributed by atoms with Gasteiger partial charge in [0.2, 0.25) is 0 Å². The molecule has 1 fully saturated rings. The SMILES string of the molecule is C[C@@H]1CN(c2ccncc2F)CCN1C(=O)NCc1ccccc1Cl. The predicted octanol–water partition coefficient (Wildman–Crippen LogP) is 3.29. The number of carbonyl (C=O) groups excluding carboxylic acids is 1. The fourth-order valence-electron chi connectivity index (χ4n) is 3.02. The van der Waals surface area contributed by atoms with Gasteiger partial charge in [-0.2, -0.15) is 0 Å². The van der Waals surface area contributed by atoms with E-state index in [1.54, 1.807) is 23.2 Å². The van der Waals surface area contributed by atoms with Gasteiger partial charge >= 0.3 is 6.03 Å². The molecule has 1 saturated heterocycles. The Labute approximate surface area is 151 Å². The van der Waals surface area contributed by atoms with Crippen molar-refractivity contribution in [3.8, 4) is 0 Å². The van der Waals surface area contributed by atoms with Crippen LogP contribution in [0.25, 0.3) is 0 Å². The van der Waals surface area contributed by atoms with Crippen LogP contribution in [0.3, 0.4) is 0 Å².